The first kappa shape index (κ1) is 19.9. The smallest absolute Gasteiger partial charge is 0.407 e. The molecule has 2 aliphatic heterocycles. The summed E-state index contributed by atoms with van der Waals surface area (Å²) in [7, 11) is 0. The molecule has 2 fully saturated rings. The number of para-hydroxylation sites is 1. The van der Waals surface area contributed by atoms with Crippen molar-refractivity contribution in [2.24, 2.45) is 0 Å². The minimum Gasteiger partial charge on any atom is -0.465 e. The second-order valence-corrected chi connectivity index (χ2v) is 8.14. The first-order chi connectivity index (χ1) is 14.0. The number of rotatable bonds is 3. The normalized spacial score (nSPS) is 22.3. The highest BCUT2D eigenvalue weighted by molar-refractivity contribution is 6.42. The van der Waals surface area contributed by atoms with Gasteiger partial charge in [-0.25, -0.2) is 9.59 Å². The third kappa shape index (κ3) is 3.87. The van der Waals surface area contributed by atoms with Crippen LogP contribution in [-0.4, -0.2) is 59.3 Å². The second-order valence-electron chi connectivity index (χ2n) is 7.33. The molecular formula is C21H21Cl2N3O3. The average molecular weight is 434 g/mol. The van der Waals surface area contributed by atoms with Gasteiger partial charge in [-0.05, 0) is 36.2 Å². The van der Waals surface area contributed by atoms with Gasteiger partial charge < -0.3 is 14.9 Å². The van der Waals surface area contributed by atoms with Crippen molar-refractivity contribution in [2.75, 3.05) is 31.1 Å². The Bertz CT molecular complexity index is 925. The summed E-state index contributed by atoms with van der Waals surface area (Å²) in [5, 5.41) is 10.4. The molecule has 4 rings (SSSR count). The quantitative estimate of drug-likeness (QED) is 0.757. The van der Waals surface area contributed by atoms with Crippen LogP contribution in [-0.2, 0) is 0 Å². The number of carbonyl (C=O) groups excluding carboxylic acids is 1. The minimum atomic E-state index is -0.952. The van der Waals surface area contributed by atoms with Crippen molar-refractivity contribution in [1.29, 1.82) is 0 Å². The van der Waals surface area contributed by atoms with Gasteiger partial charge in [0.1, 0.15) is 0 Å². The molecule has 0 saturated carbocycles. The van der Waals surface area contributed by atoms with Gasteiger partial charge in [0, 0.05) is 43.8 Å². The number of likely N-dealkylation sites (tertiary alicyclic amines) is 1. The molecule has 2 saturated heterocycles. The number of amides is 3. The Hall–Kier alpha value is -2.44. The molecule has 3 amide bonds. The second kappa shape index (κ2) is 8.13. The maximum atomic E-state index is 13.2. The van der Waals surface area contributed by atoms with Crippen LogP contribution in [0.2, 0.25) is 10.0 Å². The van der Waals surface area contributed by atoms with Gasteiger partial charge in [-0.2, -0.15) is 0 Å². The lowest BCUT2D eigenvalue weighted by molar-refractivity contribution is 0.0994. The average Bonchev–Trinajstić information content (AvgIpc) is 3.11. The van der Waals surface area contributed by atoms with E-state index in [9.17, 15) is 14.7 Å². The molecule has 152 valence electrons. The third-order valence-corrected chi connectivity index (χ3v) is 6.47. The van der Waals surface area contributed by atoms with Crippen LogP contribution in [0.1, 0.15) is 17.9 Å². The number of carbonyl (C=O) groups is 2. The van der Waals surface area contributed by atoms with Crippen molar-refractivity contribution in [1.82, 2.24) is 9.80 Å². The number of nitrogens with zero attached hydrogens (tertiary/aromatic N) is 3. The lowest BCUT2D eigenvalue weighted by Crippen LogP contribution is -2.52. The molecule has 0 unspecified atom stereocenters. The predicted octanol–water partition coefficient (Wildman–Crippen LogP) is 4.77. The molecule has 0 radical (unpaired) electrons. The van der Waals surface area contributed by atoms with Gasteiger partial charge in [0.15, 0.2) is 0 Å². The maximum absolute atomic E-state index is 13.2. The van der Waals surface area contributed by atoms with Crippen molar-refractivity contribution in [2.45, 2.75) is 18.4 Å². The van der Waals surface area contributed by atoms with Gasteiger partial charge in [-0.3, -0.25) is 4.90 Å². The summed E-state index contributed by atoms with van der Waals surface area (Å²) in [4.78, 5) is 29.8. The van der Waals surface area contributed by atoms with Crippen molar-refractivity contribution < 1.29 is 14.7 Å². The lowest BCUT2D eigenvalue weighted by atomic mass is 9.85. The molecule has 1 N–H and O–H groups in total. The van der Waals surface area contributed by atoms with E-state index in [2.05, 4.69) is 0 Å². The first-order valence-electron chi connectivity index (χ1n) is 9.51. The molecule has 8 heteroatoms. The molecule has 0 aliphatic carbocycles. The monoisotopic (exact) mass is 433 g/mol. The van der Waals surface area contributed by atoms with Crippen molar-refractivity contribution in [3.63, 3.8) is 0 Å². The summed E-state index contributed by atoms with van der Waals surface area (Å²) in [6.45, 7) is 1.92. The highest BCUT2D eigenvalue weighted by Crippen LogP contribution is 2.36. The van der Waals surface area contributed by atoms with Crippen molar-refractivity contribution in [3.05, 3.63) is 64.1 Å². The summed E-state index contributed by atoms with van der Waals surface area (Å²) >= 11 is 12.3. The van der Waals surface area contributed by atoms with Crippen LogP contribution < -0.4 is 4.90 Å². The summed E-state index contributed by atoms with van der Waals surface area (Å²) < 4.78 is 0. The number of hydrogen-bond acceptors (Lipinski definition) is 2. The molecule has 29 heavy (non-hydrogen) atoms. The van der Waals surface area contributed by atoms with Gasteiger partial charge in [0.25, 0.3) is 0 Å². The molecule has 0 bridgehead atoms. The highest BCUT2D eigenvalue weighted by Gasteiger charge is 2.42. The molecular weight excluding hydrogens is 413 g/mol. The number of piperidine rings is 1. The van der Waals surface area contributed by atoms with E-state index in [1.807, 2.05) is 41.3 Å². The standard InChI is InChI=1S/C21H21Cl2N3O3/c22-17-7-6-14(12-18(17)23)16-13-24(21(28)29)9-8-19(16)26-11-10-25(20(26)27)15-4-2-1-3-5-15/h1-7,12,16,19H,8-11,13H2,(H,28,29)/t16-,19+/m0/s1. The topological polar surface area (TPSA) is 64.1 Å². The van der Waals surface area contributed by atoms with E-state index < -0.39 is 6.09 Å². The molecule has 2 atom stereocenters. The Kier molecular flexibility index (Phi) is 5.56. The van der Waals surface area contributed by atoms with E-state index in [0.717, 1.165) is 11.3 Å². The molecule has 2 aromatic rings. The Balaban J connectivity index is 1.63. The number of carboxylic acid groups (broad SMARTS) is 1. The molecule has 2 heterocycles. The third-order valence-electron chi connectivity index (χ3n) is 5.73. The summed E-state index contributed by atoms with van der Waals surface area (Å²) in [5.41, 5.74) is 1.76. The van der Waals surface area contributed by atoms with E-state index in [0.29, 0.717) is 42.6 Å². The largest absolute Gasteiger partial charge is 0.465 e. The van der Waals surface area contributed by atoms with E-state index in [-0.39, 0.29) is 18.0 Å². The van der Waals surface area contributed by atoms with Gasteiger partial charge in [0.2, 0.25) is 0 Å². The molecule has 2 aliphatic rings. The fourth-order valence-electron chi connectivity index (χ4n) is 4.27. The fraction of sp³-hybridized carbons (Fsp3) is 0.333. The number of urea groups is 1. The van der Waals surface area contributed by atoms with Gasteiger partial charge in [-0.1, -0.05) is 47.5 Å². The van der Waals surface area contributed by atoms with E-state index in [1.54, 1.807) is 17.0 Å². The van der Waals surface area contributed by atoms with E-state index in [4.69, 9.17) is 23.2 Å². The lowest BCUT2D eigenvalue weighted by Gasteiger charge is -2.41. The Labute approximate surface area is 179 Å². The number of hydrogen-bond donors (Lipinski definition) is 1. The van der Waals surface area contributed by atoms with Crippen LogP contribution in [0.5, 0.6) is 0 Å². The predicted molar refractivity (Wildman–Crippen MR) is 113 cm³/mol. The SMILES string of the molecule is O=C(O)N1CC[C@@H](N2CCN(c3ccccc3)C2=O)[C@H](c2ccc(Cl)c(Cl)c2)C1. The highest BCUT2D eigenvalue weighted by atomic mass is 35.5. The summed E-state index contributed by atoms with van der Waals surface area (Å²) in [6.07, 6.45) is -0.377. The first-order valence-corrected chi connectivity index (χ1v) is 10.3. The van der Waals surface area contributed by atoms with Crippen LogP contribution >= 0.6 is 23.2 Å². The Morgan fingerprint density at radius 2 is 1.76 bits per heavy atom. The zero-order valence-electron chi connectivity index (χ0n) is 15.7. The van der Waals surface area contributed by atoms with E-state index in [1.165, 1.54) is 4.90 Å². The van der Waals surface area contributed by atoms with Crippen LogP contribution in [0.4, 0.5) is 15.3 Å². The van der Waals surface area contributed by atoms with Crippen molar-refractivity contribution >= 4 is 41.0 Å². The van der Waals surface area contributed by atoms with Crippen LogP contribution in [0.25, 0.3) is 0 Å². The zero-order valence-corrected chi connectivity index (χ0v) is 17.2. The van der Waals surface area contributed by atoms with Gasteiger partial charge in [0.05, 0.1) is 10.0 Å². The zero-order chi connectivity index (χ0) is 20.5. The maximum Gasteiger partial charge on any atom is 0.407 e. The Morgan fingerprint density at radius 3 is 2.45 bits per heavy atom. The number of benzene rings is 2. The number of anilines is 1. The minimum absolute atomic E-state index is 0.0463. The summed E-state index contributed by atoms with van der Waals surface area (Å²) in [6, 6.07) is 14.8. The summed E-state index contributed by atoms with van der Waals surface area (Å²) in [5.74, 6) is -0.172. The number of halogens is 2. The molecule has 0 aromatic heterocycles. The molecule has 0 spiro atoms. The molecule has 6 nitrogen and oxygen atoms in total. The van der Waals surface area contributed by atoms with Crippen molar-refractivity contribution in [3.8, 4) is 0 Å². The molecule has 2 aromatic carbocycles. The van der Waals surface area contributed by atoms with E-state index >= 15 is 0 Å². The van der Waals surface area contributed by atoms with Gasteiger partial charge >= 0.3 is 12.1 Å². The van der Waals surface area contributed by atoms with Crippen LogP contribution in [0, 0.1) is 0 Å². The van der Waals surface area contributed by atoms with Crippen LogP contribution in [0.3, 0.4) is 0 Å². The Morgan fingerprint density at radius 1 is 1.00 bits per heavy atom. The van der Waals surface area contributed by atoms with Crippen LogP contribution in [0.15, 0.2) is 48.5 Å². The fourth-order valence-corrected chi connectivity index (χ4v) is 4.57. The van der Waals surface area contributed by atoms with Gasteiger partial charge in [-0.15, -0.1) is 0 Å².